The van der Waals surface area contributed by atoms with Crippen molar-refractivity contribution < 1.29 is 30.4 Å². The van der Waals surface area contributed by atoms with Crippen LogP contribution in [0.2, 0.25) is 0 Å². The van der Waals surface area contributed by atoms with E-state index in [0.717, 1.165) is 12.3 Å². The zero-order valence-electron chi connectivity index (χ0n) is 10.5. The number of ketones is 1. The van der Waals surface area contributed by atoms with Crippen molar-refractivity contribution in [1.82, 2.24) is 0 Å². The average molecular weight is 326 g/mol. The molecule has 0 unspecified atom stereocenters. The van der Waals surface area contributed by atoms with E-state index in [1.807, 2.05) is 0 Å². The summed E-state index contributed by atoms with van der Waals surface area (Å²) >= 11 is 0. The quantitative estimate of drug-likeness (QED) is 0.715. The van der Waals surface area contributed by atoms with Gasteiger partial charge in [0.15, 0.2) is 15.6 Å². The number of halogens is 2. The first-order valence-corrected chi connectivity index (χ1v) is 9.25. The minimum absolute atomic E-state index is 0.601. The monoisotopic (exact) mass is 326 g/mol. The maximum absolute atomic E-state index is 13.3. The number of hydrogen-bond acceptors (Lipinski definition) is 5. The molecule has 0 spiro atoms. The summed E-state index contributed by atoms with van der Waals surface area (Å²) in [4.78, 5) is 11.6. The van der Waals surface area contributed by atoms with Crippen molar-refractivity contribution in [3.8, 4) is 0 Å². The molecule has 0 saturated heterocycles. The lowest BCUT2D eigenvalue weighted by molar-refractivity contribution is 0.101. The molecule has 9 heteroatoms. The second kappa shape index (κ2) is 5.96. The Morgan fingerprint density at radius 3 is 2.25 bits per heavy atom. The highest BCUT2D eigenvalue weighted by Crippen LogP contribution is 2.11. The van der Waals surface area contributed by atoms with E-state index >= 15 is 0 Å². The molecule has 0 saturated carbocycles. The van der Waals surface area contributed by atoms with E-state index in [2.05, 4.69) is 0 Å². The predicted molar refractivity (Wildman–Crippen MR) is 69.1 cm³/mol. The summed E-state index contributed by atoms with van der Waals surface area (Å²) < 4.78 is 71.0. The van der Waals surface area contributed by atoms with Gasteiger partial charge < -0.3 is 0 Å². The van der Waals surface area contributed by atoms with Crippen LogP contribution in [0.1, 0.15) is 10.4 Å². The van der Waals surface area contributed by atoms with Gasteiger partial charge in [-0.15, -0.1) is 0 Å². The van der Waals surface area contributed by atoms with Crippen molar-refractivity contribution in [3.63, 3.8) is 0 Å². The number of rotatable bonds is 6. The Bertz CT molecular complexity index is 723. The molecule has 1 aromatic rings. The van der Waals surface area contributed by atoms with Crippen LogP contribution < -0.4 is 0 Å². The summed E-state index contributed by atoms with van der Waals surface area (Å²) in [6, 6.07) is 2.11. The SMILES string of the molecule is CS(=O)(=O)CCS(=O)(=O)CC(=O)c1cc(F)ccc1F. The van der Waals surface area contributed by atoms with E-state index < -0.39 is 59.9 Å². The molecular weight excluding hydrogens is 314 g/mol. The van der Waals surface area contributed by atoms with Crippen LogP contribution in [0.4, 0.5) is 8.78 Å². The van der Waals surface area contributed by atoms with E-state index in [-0.39, 0.29) is 0 Å². The minimum atomic E-state index is -4.01. The number of sulfone groups is 2. The Kier molecular flexibility index (Phi) is 4.98. The van der Waals surface area contributed by atoms with Gasteiger partial charge in [-0.25, -0.2) is 25.6 Å². The molecule has 0 aromatic heterocycles. The van der Waals surface area contributed by atoms with Gasteiger partial charge in [-0.2, -0.15) is 0 Å². The first-order valence-electron chi connectivity index (χ1n) is 5.36. The molecular formula is C11H12F2O5S2. The maximum atomic E-state index is 13.3. The van der Waals surface area contributed by atoms with Gasteiger partial charge in [0.05, 0.1) is 17.1 Å². The second-order valence-corrected chi connectivity index (χ2v) is 8.71. The van der Waals surface area contributed by atoms with E-state index in [1.54, 1.807) is 0 Å². The molecule has 0 N–H and O–H groups in total. The van der Waals surface area contributed by atoms with Gasteiger partial charge in [-0.1, -0.05) is 0 Å². The Hall–Kier alpha value is -1.35. The molecule has 5 nitrogen and oxygen atoms in total. The minimum Gasteiger partial charge on any atom is -0.293 e. The summed E-state index contributed by atoms with van der Waals surface area (Å²) in [6.07, 6.45) is 0.858. The summed E-state index contributed by atoms with van der Waals surface area (Å²) in [5, 5.41) is 0. The van der Waals surface area contributed by atoms with Crippen molar-refractivity contribution >= 4 is 25.5 Å². The van der Waals surface area contributed by atoms with Crippen LogP contribution in [-0.4, -0.2) is 46.1 Å². The molecule has 0 heterocycles. The highest BCUT2D eigenvalue weighted by Gasteiger charge is 2.22. The predicted octanol–water partition coefficient (Wildman–Crippen LogP) is 0.607. The van der Waals surface area contributed by atoms with Crippen molar-refractivity contribution in [2.45, 2.75) is 0 Å². The maximum Gasteiger partial charge on any atom is 0.180 e. The first-order chi connectivity index (χ1) is 9.00. The van der Waals surface area contributed by atoms with Crippen LogP contribution in [-0.2, 0) is 19.7 Å². The molecule has 0 amide bonds. The molecule has 0 radical (unpaired) electrons. The lowest BCUT2D eigenvalue weighted by Crippen LogP contribution is -2.24. The summed E-state index contributed by atoms with van der Waals surface area (Å²) in [5.41, 5.74) is -0.673. The fourth-order valence-corrected chi connectivity index (χ4v) is 4.27. The Labute approximate surface area is 115 Å². The molecule has 1 aromatic carbocycles. The van der Waals surface area contributed by atoms with E-state index in [9.17, 15) is 30.4 Å². The Balaban J connectivity index is 2.87. The molecule has 1 rings (SSSR count). The van der Waals surface area contributed by atoms with Gasteiger partial charge in [-0.05, 0) is 18.2 Å². The van der Waals surface area contributed by atoms with Crippen LogP contribution in [0.15, 0.2) is 18.2 Å². The van der Waals surface area contributed by atoms with Crippen LogP contribution in [0.5, 0.6) is 0 Å². The lowest BCUT2D eigenvalue weighted by Gasteiger charge is -2.04. The number of hydrogen-bond donors (Lipinski definition) is 0. The third-order valence-corrected chi connectivity index (χ3v) is 5.08. The normalized spacial score (nSPS) is 12.3. The van der Waals surface area contributed by atoms with Crippen molar-refractivity contribution in [2.24, 2.45) is 0 Å². The lowest BCUT2D eigenvalue weighted by atomic mass is 10.1. The average Bonchev–Trinajstić information content (AvgIpc) is 2.28. The zero-order valence-corrected chi connectivity index (χ0v) is 12.1. The van der Waals surface area contributed by atoms with E-state index in [0.29, 0.717) is 12.1 Å². The van der Waals surface area contributed by atoms with E-state index in [4.69, 9.17) is 0 Å². The van der Waals surface area contributed by atoms with Crippen LogP contribution >= 0.6 is 0 Å². The summed E-state index contributed by atoms with van der Waals surface area (Å²) in [7, 11) is -7.51. The second-order valence-electron chi connectivity index (χ2n) is 4.27. The van der Waals surface area contributed by atoms with E-state index in [1.165, 1.54) is 0 Å². The van der Waals surface area contributed by atoms with Gasteiger partial charge in [0.25, 0.3) is 0 Å². The van der Waals surface area contributed by atoms with Crippen LogP contribution in [0.25, 0.3) is 0 Å². The smallest absolute Gasteiger partial charge is 0.180 e. The van der Waals surface area contributed by atoms with Gasteiger partial charge in [0, 0.05) is 6.26 Å². The van der Waals surface area contributed by atoms with Gasteiger partial charge in [0.2, 0.25) is 0 Å². The molecule has 0 fully saturated rings. The first kappa shape index (κ1) is 16.7. The number of Topliss-reactive ketones (excluding diaryl/α,β-unsaturated/α-hetero) is 1. The fourth-order valence-electron chi connectivity index (χ4n) is 1.34. The third kappa shape index (κ3) is 5.33. The van der Waals surface area contributed by atoms with Gasteiger partial charge >= 0.3 is 0 Å². The summed E-state index contributed by atoms with van der Waals surface area (Å²) in [6.45, 7) is 0. The molecule has 0 aliphatic rings. The van der Waals surface area contributed by atoms with Crippen molar-refractivity contribution in [2.75, 3.05) is 23.5 Å². The number of carbonyl (C=O) groups excluding carboxylic acids is 1. The molecule has 0 aliphatic carbocycles. The van der Waals surface area contributed by atoms with Crippen LogP contribution in [0, 0.1) is 11.6 Å². The third-order valence-electron chi connectivity index (χ3n) is 2.34. The molecule has 0 bridgehead atoms. The van der Waals surface area contributed by atoms with Gasteiger partial charge in [0.1, 0.15) is 27.2 Å². The highest BCUT2D eigenvalue weighted by atomic mass is 32.2. The topological polar surface area (TPSA) is 85.3 Å². The summed E-state index contributed by atoms with van der Waals surface area (Å²) in [5.74, 6) is -5.46. The molecule has 112 valence electrons. The molecule has 20 heavy (non-hydrogen) atoms. The Morgan fingerprint density at radius 1 is 1.10 bits per heavy atom. The van der Waals surface area contributed by atoms with Crippen molar-refractivity contribution in [3.05, 3.63) is 35.4 Å². The van der Waals surface area contributed by atoms with Crippen LogP contribution in [0.3, 0.4) is 0 Å². The zero-order chi connectivity index (χ0) is 15.6. The standard InChI is InChI=1S/C11H12F2O5S2/c1-19(15,16)4-5-20(17,18)7-11(14)9-6-8(12)2-3-10(9)13/h2-3,6H,4-5,7H2,1H3. The highest BCUT2D eigenvalue weighted by molar-refractivity contribution is 7.95. The fraction of sp³-hybridized carbons (Fsp3) is 0.364. The van der Waals surface area contributed by atoms with Gasteiger partial charge in [-0.3, -0.25) is 4.79 Å². The Morgan fingerprint density at radius 2 is 1.70 bits per heavy atom. The van der Waals surface area contributed by atoms with Crippen molar-refractivity contribution in [1.29, 1.82) is 0 Å². The number of benzene rings is 1. The largest absolute Gasteiger partial charge is 0.293 e. The number of carbonyl (C=O) groups is 1. The molecule has 0 atom stereocenters. The molecule has 0 aliphatic heterocycles.